The second-order valence-corrected chi connectivity index (χ2v) is 3.53. The van der Waals surface area contributed by atoms with Crippen LogP contribution in [0.4, 0.5) is 0 Å². The molecule has 0 fully saturated rings. The maximum atomic E-state index is 8.52. The van der Waals surface area contributed by atoms with Crippen LogP contribution >= 0.6 is 0 Å². The highest BCUT2D eigenvalue weighted by Crippen LogP contribution is 2.28. The Bertz CT molecular complexity index is 638. The second kappa shape index (κ2) is 5.56. The highest BCUT2D eigenvalue weighted by Gasteiger charge is 2.03. The van der Waals surface area contributed by atoms with E-state index in [4.69, 9.17) is 20.0 Å². The normalized spacial score (nSPS) is 9.44. The summed E-state index contributed by atoms with van der Waals surface area (Å²) in [6, 6.07) is 14.9. The predicted octanol–water partition coefficient (Wildman–Crippen LogP) is 2.64. The summed E-state index contributed by atoms with van der Waals surface area (Å²) in [5.74, 6) is 1.31. The summed E-state index contributed by atoms with van der Waals surface area (Å²) in [6.07, 6.45) is 0. The van der Waals surface area contributed by atoms with Gasteiger partial charge in [0.1, 0.15) is 23.6 Å². The summed E-state index contributed by atoms with van der Waals surface area (Å²) in [6.45, 7) is 0.0436. The van der Waals surface area contributed by atoms with Crippen LogP contribution in [-0.2, 0) is 0 Å². The van der Waals surface area contributed by atoms with E-state index in [-0.39, 0.29) is 13.2 Å². The molecule has 0 aliphatic rings. The molecule has 0 amide bonds. The van der Waals surface area contributed by atoms with Gasteiger partial charge in [-0.2, -0.15) is 10.5 Å². The minimum atomic E-state index is 0.0196. The fraction of sp³-hybridized carbons (Fsp3) is 0.143. The number of ether oxygens (including phenoxy) is 2. The Labute approximate surface area is 105 Å². The minimum absolute atomic E-state index is 0.0196. The van der Waals surface area contributed by atoms with Crippen molar-refractivity contribution in [1.82, 2.24) is 0 Å². The summed E-state index contributed by atoms with van der Waals surface area (Å²) in [4.78, 5) is 0. The van der Waals surface area contributed by atoms with Gasteiger partial charge in [0, 0.05) is 5.39 Å². The third-order valence-corrected chi connectivity index (χ3v) is 2.41. The van der Waals surface area contributed by atoms with Crippen molar-refractivity contribution in [2.45, 2.75) is 0 Å². The van der Waals surface area contributed by atoms with Crippen LogP contribution < -0.4 is 9.47 Å². The summed E-state index contributed by atoms with van der Waals surface area (Å²) >= 11 is 0. The minimum Gasteiger partial charge on any atom is -0.479 e. The van der Waals surface area contributed by atoms with E-state index in [1.807, 2.05) is 42.5 Å². The van der Waals surface area contributed by atoms with E-state index >= 15 is 0 Å². The molecule has 0 aromatic heterocycles. The molecule has 0 N–H and O–H groups in total. The van der Waals surface area contributed by atoms with Gasteiger partial charge < -0.3 is 9.47 Å². The van der Waals surface area contributed by atoms with Crippen molar-refractivity contribution in [3.63, 3.8) is 0 Å². The molecule has 0 aliphatic carbocycles. The fourth-order valence-electron chi connectivity index (χ4n) is 1.67. The van der Waals surface area contributed by atoms with Crippen molar-refractivity contribution in [3.05, 3.63) is 36.4 Å². The van der Waals surface area contributed by atoms with Crippen molar-refractivity contribution in [2.24, 2.45) is 0 Å². The third kappa shape index (κ3) is 2.50. The summed E-state index contributed by atoms with van der Waals surface area (Å²) < 4.78 is 10.6. The molecule has 4 nitrogen and oxygen atoms in total. The van der Waals surface area contributed by atoms with Gasteiger partial charge in [-0.05, 0) is 29.7 Å². The van der Waals surface area contributed by atoms with E-state index < -0.39 is 0 Å². The van der Waals surface area contributed by atoms with Gasteiger partial charge in [0.25, 0.3) is 0 Å². The first kappa shape index (κ1) is 11.8. The van der Waals surface area contributed by atoms with Crippen molar-refractivity contribution in [1.29, 1.82) is 10.5 Å². The SMILES string of the molecule is N#CCOc1ccc2c(OCC#N)cccc2c1. The number of hydrogen-bond donors (Lipinski definition) is 0. The molecule has 2 aromatic rings. The lowest BCUT2D eigenvalue weighted by Gasteiger charge is -2.08. The quantitative estimate of drug-likeness (QED) is 0.821. The van der Waals surface area contributed by atoms with Crippen molar-refractivity contribution in [2.75, 3.05) is 13.2 Å². The van der Waals surface area contributed by atoms with Crippen molar-refractivity contribution < 1.29 is 9.47 Å². The van der Waals surface area contributed by atoms with Crippen LogP contribution in [0, 0.1) is 22.7 Å². The van der Waals surface area contributed by atoms with Gasteiger partial charge in [-0.3, -0.25) is 0 Å². The van der Waals surface area contributed by atoms with Crippen LogP contribution in [0.25, 0.3) is 10.8 Å². The third-order valence-electron chi connectivity index (χ3n) is 2.41. The molecule has 2 aromatic carbocycles. The largest absolute Gasteiger partial charge is 0.479 e. The maximum absolute atomic E-state index is 8.52. The maximum Gasteiger partial charge on any atom is 0.174 e. The number of nitrogens with zero attached hydrogens (tertiary/aromatic N) is 2. The average molecular weight is 238 g/mol. The van der Waals surface area contributed by atoms with Gasteiger partial charge in [-0.1, -0.05) is 12.1 Å². The van der Waals surface area contributed by atoms with Gasteiger partial charge in [0.15, 0.2) is 13.2 Å². The predicted molar refractivity (Wildman–Crippen MR) is 66.2 cm³/mol. The molecule has 0 aliphatic heterocycles. The van der Waals surface area contributed by atoms with Crippen LogP contribution in [0.5, 0.6) is 11.5 Å². The van der Waals surface area contributed by atoms with Gasteiger partial charge in [0.2, 0.25) is 0 Å². The Hall–Kier alpha value is -2.72. The Morgan fingerprint density at radius 2 is 1.72 bits per heavy atom. The lowest BCUT2D eigenvalue weighted by Crippen LogP contribution is -1.95. The first-order chi connectivity index (χ1) is 8.85. The molecule has 0 radical (unpaired) electrons. The topological polar surface area (TPSA) is 66.0 Å². The smallest absolute Gasteiger partial charge is 0.174 e. The lowest BCUT2D eigenvalue weighted by molar-refractivity contribution is 0.368. The highest BCUT2D eigenvalue weighted by molar-refractivity contribution is 5.89. The fourth-order valence-corrected chi connectivity index (χ4v) is 1.67. The zero-order valence-corrected chi connectivity index (χ0v) is 9.59. The zero-order valence-electron chi connectivity index (χ0n) is 9.59. The first-order valence-corrected chi connectivity index (χ1v) is 5.37. The van der Waals surface area contributed by atoms with E-state index in [1.54, 1.807) is 6.07 Å². The van der Waals surface area contributed by atoms with Gasteiger partial charge in [0.05, 0.1) is 0 Å². The molecule has 0 heterocycles. The first-order valence-electron chi connectivity index (χ1n) is 5.37. The van der Waals surface area contributed by atoms with E-state index in [0.717, 1.165) is 10.8 Å². The van der Waals surface area contributed by atoms with Crippen LogP contribution in [0.2, 0.25) is 0 Å². The van der Waals surface area contributed by atoms with Crippen LogP contribution in [0.15, 0.2) is 36.4 Å². The molecule has 0 bridgehead atoms. The van der Waals surface area contributed by atoms with Gasteiger partial charge >= 0.3 is 0 Å². The molecular formula is C14H10N2O2. The summed E-state index contributed by atoms with van der Waals surface area (Å²) in [5.41, 5.74) is 0. The molecule has 2 rings (SSSR count). The number of benzene rings is 2. The molecule has 0 atom stereocenters. The van der Waals surface area contributed by atoms with E-state index in [0.29, 0.717) is 11.5 Å². The Morgan fingerprint density at radius 1 is 0.944 bits per heavy atom. The Morgan fingerprint density at radius 3 is 2.50 bits per heavy atom. The van der Waals surface area contributed by atoms with E-state index in [1.165, 1.54) is 0 Å². The Balaban J connectivity index is 2.35. The summed E-state index contributed by atoms with van der Waals surface area (Å²) in [5, 5.41) is 18.8. The molecule has 88 valence electrons. The van der Waals surface area contributed by atoms with E-state index in [2.05, 4.69) is 0 Å². The monoisotopic (exact) mass is 238 g/mol. The van der Waals surface area contributed by atoms with Crippen LogP contribution in [0.3, 0.4) is 0 Å². The molecule has 0 unspecified atom stereocenters. The average Bonchev–Trinajstić information content (AvgIpc) is 2.42. The van der Waals surface area contributed by atoms with Crippen LogP contribution in [-0.4, -0.2) is 13.2 Å². The molecule has 0 spiro atoms. The Kier molecular flexibility index (Phi) is 3.63. The number of fused-ring (bicyclic) bond motifs is 1. The lowest BCUT2D eigenvalue weighted by atomic mass is 10.1. The number of nitriles is 2. The highest BCUT2D eigenvalue weighted by atomic mass is 16.5. The van der Waals surface area contributed by atoms with Crippen LogP contribution in [0.1, 0.15) is 0 Å². The number of hydrogen-bond acceptors (Lipinski definition) is 4. The van der Waals surface area contributed by atoms with Gasteiger partial charge in [-0.25, -0.2) is 0 Å². The standard InChI is InChI=1S/C14H10N2O2/c15-6-8-17-12-4-5-13-11(10-12)2-1-3-14(13)18-9-7-16/h1-5,10H,8-9H2. The second-order valence-electron chi connectivity index (χ2n) is 3.53. The van der Waals surface area contributed by atoms with Gasteiger partial charge in [-0.15, -0.1) is 0 Å². The molecule has 0 saturated heterocycles. The molecule has 18 heavy (non-hydrogen) atoms. The molecular weight excluding hydrogens is 228 g/mol. The molecule has 4 heteroatoms. The zero-order chi connectivity index (χ0) is 12.8. The molecule has 0 saturated carbocycles. The van der Waals surface area contributed by atoms with Crippen molar-refractivity contribution in [3.8, 4) is 23.6 Å². The van der Waals surface area contributed by atoms with E-state index in [9.17, 15) is 0 Å². The summed E-state index contributed by atoms with van der Waals surface area (Å²) in [7, 11) is 0. The van der Waals surface area contributed by atoms with Crippen molar-refractivity contribution >= 4 is 10.8 Å². The number of rotatable bonds is 4.